The van der Waals surface area contributed by atoms with E-state index in [1.807, 2.05) is 19.9 Å². The molecule has 0 spiro atoms. The van der Waals surface area contributed by atoms with E-state index in [-0.39, 0.29) is 0 Å². The summed E-state index contributed by atoms with van der Waals surface area (Å²) < 4.78 is 0. The van der Waals surface area contributed by atoms with Crippen LogP contribution in [0.15, 0.2) is 18.8 Å². The molecule has 1 aromatic heterocycles. The molecule has 0 saturated carbocycles. The van der Waals surface area contributed by atoms with E-state index in [4.69, 9.17) is 11.6 Å². The first-order chi connectivity index (χ1) is 9.31. The van der Waals surface area contributed by atoms with Crippen molar-refractivity contribution in [3.8, 4) is 0 Å². The second-order valence-electron chi connectivity index (χ2n) is 5.83. The fraction of sp³-hybridized carbons (Fsp3) is 0.611. The smallest absolute Gasteiger partial charge is 0.0624 e. The summed E-state index contributed by atoms with van der Waals surface area (Å²) in [6.07, 6.45) is 5.87. The van der Waals surface area contributed by atoms with Crippen LogP contribution in [0.2, 0.25) is 5.02 Å². The van der Waals surface area contributed by atoms with E-state index in [9.17, 15) is 0 Å². The van der Waals surface area contributed by atoms with Crippen LogP contribution in [-0.2, 0) is 0 Å². The molecule has 2 unspecified atom stereocenters. The van der Waals surface area contributed by atoms with E-state index in [2.05, 4.69) is 39.3 Å². The van der Waals surface area contributed by atoms with Crippen LogP contribution in [0.1, 0.15) is 65.1 Å². The second kappa shape index (κ2) is 9.99. The standard InChI is InChI=1S/C9H10ClN.C9H20/c1-6(2)8-4-9(10)7(3)11-5-8;1-5-8(3)7-9(4)6-2/h4-5H,1H2,2-3H3;8-9H,5-7H2,1-4H3. The molecule has 1 aromatic rings. The number of pyridine rings is 1. The van der Waals surface area contributed by atoms with Gasteiger partial charge in [-0.1, -0.05) is 58.7 Å². The van der Waals surface area contributed by atoms with Gasteiger partial charge in [-0.25, -0.2) is 0 Å². The molecule has 0 fully saturated rings. The molecule has 1 heterocycles. The van der Waals surface area contributed by atoms with Gasteiger partial charge in [0, 0.05) is 6.20 Å². The zero-order chi connectivity index (χ0) is 15.7. The lowest BCUT2D eigenvalue weighted by molar-refractivity contribution is 0.397. The van der Waals surface area contributed by atoms with Gasteiger partial charge in [0.15, 0.2) is 0 Å². The molecule has 2 atom stereocenters. The minimum Gasteiger partial charge on any atom is -0.259 e. The van der Waals surface area contributed by atoms with E-state index in [0.29, 0.717) is 5.02 Å². The van der Waals surface area contributed by atoms with E-state index < -0.39 is 0 Å². The summed E-state index contributed by atoms with van der Waals surface area (Å²) >= 11 is 5.85. The van der Waals surface area contributed by atoms with Crippen LogP contribution < -0.4 is 0 Å². The Kier molecular flexibility index (Phi) is 9.58. The molecular weight excluding hydrogens is 266 g/mol. The minimum atomic E-state index is 0.700. The maximum absolute atomic E-state index is 5.85. The number of hydrogen-bond donors (Lipinski definition) is 0. The Balaban J connectivity index is 0.000000370. The van der Waals surface area contributed by atoms with Gasteiger partial charge in [-0.2, -0.15) is 0 Å². The second-order valence-corrected chi connectivity index (χ2v) is 6.24. The Labute approximate surface area is 130 Å². The van der Waals surface area contributed by atoms with Gasteiger partial charge in [0.05, 0.1) is 10.7 Å². The van der Waals surface area contributed by atoms with Gasteiger partial charge >= 0.3 is 0 Å². The van der Waals surface area contributed by atoms with Gasteiger partial charge in [0.2, 0.25) is 0 Å². The molecule has 0 radical (unpaired) electrons. The Morgan fingerprint density at radius 3 is 2.10 bits per heavy atom. The number of rotatable bonds is 5. The van der Waals surface area contributed by atoms with Gasteiger partial charge in [-0.05, 0) is 49.3 Å². The largest absolute Gasteiger partial charge is 0.259 e. The zero-order valence-corrected chi connectivity index (χ0v) is 14.7. The van der Waals surface area contributed by atoms with Crippen LogP contribution in [0, 0.1) is 18.8 Å². The number of allylic oxidation sites excluding steroid dienone is 1. The monoisotopic (exact) mass is 295 g/mol. The Bertz CT molecular complexity index is 404. The molecule has 0 aliphatic rings. The molecule has 20 heavy (non-hydrogen) atoms. The summed E-state index contributed by atoms with van der Waals surface area (Å²) in [5.74, 6) is 1.86. The molecule has 0 bridgehead atoms. The molecule has 114 valence electrons. The van der Waals surface area contributed by atoms with Crippen molar-refractivity contribution in [3.63, 3.8) is 0 Å². The summed E-state index contributed by atoms with van der Waals surface area (Å²) in [7, 11) is 0. The first-order valence-electron chi connectivity index (χ1n) is 7.59. The van der Waals surface area contributed by atoms with Crippen molar-refractivity contribution in [2.75, 3.05) is 0 Å². The highest BCUT2D eigenvalue weighted by Gasteiger charge is 2.03. The summed E-state index contributed by atoms with van der Waals surface area (Å²) in [5, 5.41) is 0.700. The van der Waals surface area contributed by atoms with Crippen LogP contribution in [0.25, 0.3) is 5.57 Å². The first-order valence-corrected chi connectivity index (χ1v) is 7.97. The minimum absolute atomic E-state index is 0.700. The van der Waals surface area contributed by atoms with Gasteiger partial charge in [-0.15, -0.1) is 0 Å². The van der Waals surface area contributed by atoms with Crippen LogP contribution >= 0.6 is 11.6 Å². The average molecular weight is 296 g/mol. The van der Waals surface area contributed by atoms with Gasteiger partial charge in [0.25, 0.3) is 0 Å². The summed E-state index contributed by atoms with van der Waals surface area (Å²) in [5.41, 5.74) is 2.84. The Hall–Kier alpha value is -0.820. The Morgan fingerprint density at radius 1 is 1.25 bits per heavy atom. The molecule has 1 rings (SSSR count). The number of halogens is 1. The van der Waals surface area contributed by atoms with Crippen LogP contribution in [-0.4, -0.2) is 4.98 Å². The maximum Gasteiger partial charge on any atom is 0.0624 e. The van der Waals surface area contributed by atoms with E-state index >= 15 is 0 Å². The van der Waals surface area contributed by atoms with E-state index in [1.165, 1.54) is 19.3 Å². The third-order valence-electron chi connectivity index (χ3n) is 3.72. The van der Waals surface area contributed by atoms with Crippen LogP contribution in [0.5, 0.6) is 0 Å². The fourth-order valence-corrected chi connectivity index (χ4v) is 1.93. The van der Waals surface area contributed by atoms with Gasteiger partial charge in [0.1, 0.15) is 0 Å². The highest BCUT2D eigenvalue weighted by atomic mass is 35.5. The lowest BCUT2D eigenvalue weighted by Crippen LogP contribution is -2.00. The van der Waals surface area contributed by atoms with Crippen molar-refractivity contribution in [2.24, 2.45) is 11.8 Å². The predicted molar refractivity (Wildman–Crippen MR) is 92.2 cm³/mol. The first kappa shape index (κ1) is 19.2. The summed E-state index contributed by atoms with van der Waals surface area (Å²) in [6.45, 7) is 16.8. The maximum atomic E-state index is 5.85. The topological polar surface area (TPSA) is 12.9 Å². The highest BCUT2D eigenvalue weighted by Crippen LogP contribution is 2.18. The van der Waals surface area contributed by atoms with Crippen molar-refractivity contribution < 1.29 is 0 Å². The third kappa shape index (κ3) is 7.69. The average Bonchev–Trinajstić information content (AvgIpc) is 2.42. The van der Waals surface area contributed by atoms with E-state index in [0.717, 1.165) is 28.7 Å². The zero-order valence-electron chi connectivity index (χ0n) is 14.0. The van der Waals surface area contributed by atoms with Crippen LogP contribution in [0.4, 0.5) is 0 Å². The highest BCUT2D eigenvalue weighted by molar-refractivity contribution is 6.31. The fourth-order valence-electron chi connectivity index (χ4n) is 1.76. The third-order valence-corrected chi connectivity index (χ3v) is 4.10. The quantitative estimate of drug-likeness (QED) is 0.600. The van der Waals surface area contributed by atoms with E-state index in [1.54, 1.807) is 6.20 Å². The van der Waals surface area contributed by atoms with Gasteiger partial charge < -0.3 is 0 Å². The lowest BCUT2D eigenvalue weighted by Gasteiger charge is -2.12. The van der Waals surface area contributed by atoms with Crippen molar-refractivity contribution in [1.82, 2.24) is 4.98 Å². The predicted octanol–water partition coefficient (Wildman–Crippen LogP) is 6.55. The molecule has 1 nitrogen and oxygen atoms in total. The SMILES string of the molecule is C=C(C)c1cnc(C)c(Cl)c1.CCC(C)CC(C)CC. The molecular formula is C18H30ClN. The molecule has 0 N–H and O–H groups in total. The van der Waals surface area contributed by atoms with Gasteiger partial charge in [-0.3, -0.25) is 4.98 Å². The number of aryl methyl sites for hydroxylation is 1. The van der Waals surface area contributed by atoms with Crippen LogP contribution in [0.3, 0.4) is 0 Å². The molecule has 0 amide bonds. The molecule has 0 aromatic carbocycles. The lowest BCUT2D eigenvalue weighted by atomic mass is 9.94. The Morgan fingerprint density at radius 2 is 1.75 bits per heavy atom. The molecule has 0 aliphatic carbocycles. The summed E-state index contributed by atoms with van der Waals surface area (Å²) in [6, 6.07) is 1.88. The van der Waals surface area contributed by atoms with Crippen molar-refractivity contribution in [1.29, 1.82) is 0 Å². The summed E-state index contributed by atoms with van der Waals surface area (Å²) in [4.78, 5) is 4.11. The van der Waals surface area contributed by atoms with Crippen molar-refractivity contribution in [3.05, 3.63) is 35.1 Å². The molecule has 0 saturated heterocycles. The molecule has 2 heteroatoms. The van der Waals surface area contributed by atoms with Crippen molar-refractivity contribution >= 4 is 17.2 Å². The van der Waals surface area contributed by atoms with Crippen molar-refractivity contribution in [2.45, 2.75) is 60.8 Å². The number of aromatic nitrogens is 1. The normalized spacial score (nSPS) is 13.2. The number of nitrogens with zero attached hydrogens (tertiary/aromatic N) is 1. The number of hydrogen-bond acceptors (Lipinski definition) is 1. The molecule has 0 aliphatic heterocycles.